The standard InChI is InChI=1S/C18H15NO4/c20-16-9-12(7-6-11-4-2-1-3-5-11)8-15-13(16)10-14(18(22)23)17(21)19-15/h1-7,10,12H,8-9H2,(H,19,21)(H,22,23)/b7-6+. The summed E-state index contributed by atoms with van der Waals surface area (Å²) in [4.78, 5) is 37.5. The van der Waals surface area contributed by atoms with Gasteiger partial charge in [-0.2, -0.15) is 0 Å². The fourth-order valence-corrected chi connectivity index (χ4v) is 2.77. The van der Waals surface area contributed by atoms with Crippen LogP contribution in [0.3, 0.4) is 0 Å². The van der Waals surface area contributed by atoms with Crippen molar-refractivity contribution in [1.29, 1.82) is 0 Å². The second-order valence-electron chi connectivity index (χ2n) is 5.57. The third-order valence-electron chi connectivity index (χ3n) is 3.93. The van der Waals surface area contributed by atoms with Gasteiger partial charge in [0.25, 0.3) is 5.56 Å². The quantitative estimate of drug-likeness (QED) is 0.912. The molecule has 0 aliphatic heterocycles. The molecule has 1 aromatic heterocycles. The van der Waals surface area contributed by atoms with Gasteiger partial charge >= 0.3 is 5.97 Å². The minimum absolute atomic E-state index is 0.0125. The van der Waals surface area contributed by atoms with E-state index in [1.807, 2.05) is 42.5 Å². The van der Waals surface area contributed by atoms with Crippen LogP contribution in [0.1, 0.15) is 38.4 Å². The molecule has 5 nitrogen and oxygen atoms in total. The number of Topliss-reactive ketones (excluding diaryl/α,β-unsaturated/α-hetero) is 1. The van der Waals surface area contributed by atoms with Gasteiger partial charge in [0, 0.05) is 17.7 Å². The number of fused-ring (bicyclic) bond motifs is 1. The molecule has 0 bridgehead atoms. The van der Waals surface area contributed by atoms with Gasteiger partial charge in [-0.1, -0.05) is 42.5 Å². The van der Waals surface area contributed by atoms with Gasteiger partial charge in [-0.3, -0.25) is 9.59 Å². The molecule has 5 heteroatoms. The summed E-state index contributed by atoms with van der Waals surface area (Å²) in [5, 5.41) is 8.97. The largest absolute Gasteiger partial charge is 0.477 e. The van der Waals surface area contributed by atoms with Crippen LogP contribution in [0.4, 0.5) is 0 Å². The number of hydrogen-bond acceptors (Lipinski definition) is 3. The highest BCUT2D eigenvalue weighted by Gasteiger charge is 2.26. The zero-order valence-electron chi connectivity index (χ0n) is 12.3. The number of carboxylic acids is 1. The third-order valence-corrected chi connectivity index (χ3v) is 3.93. The normalized spacial score (nSPS) is 17.2. The molecule has 0 radical (unpaired) electrons. The maximum Gasteiger partial charge on any atom is 0.341 e. The second-order valence-corrected chi connectivity index (χ2v) is 5.57. The molecular formula is C18H15NO4. The predicted octanol–water partition coefficient (Wildman–Crippen LogP) is 2.53. The van der Waals surface area contributed by atoms with E-state index in [0.29, 0.717) is 24.1 Å². The highest BCUT2D eigenvalue weighted by molar-refractivity contribution is 6.00. The minimum Gasteiger partial charge on any atom is -0.477 e. The van der Waals surface area contributed by atoms with Crippen molar-refractivity contribution < 1.29 is 14.7 Å². The van der Waals surface area contributed by atoms with Crippen LogP contribution in [0.2, 0.25) is 0 Å². The first-order valence-corrected chi connectivity index (χ1v) is 7.30. The molecule has 0 fully saturated rings. The number of aromatic nitrogens is 1. The highest BCUT2D eigenvalue weighted by atomic mass is 16.4. The van der Waals surface area contributed by atoms with Gasteiger partial charge in [-0.25, -0.2) is 4.79 Å². The smallest absolute Gasteiger partial charge is 0.341 e. The topological polar surface area (TPSA) is 87.2 Å². The number of rotatable bonds is 3. The molecule has 1 unspecified atom stereocenters. The average molecular weight is 309 g/mol. The lowest BCUT2D eigenvalue weighted by Gasteiger charge is -2.21. The monoisotopic (exact) mass is 309 g/mol. The van der Waals surface area contributed by atoms with E-state index in [1.165, 1.54) is 6.07 Å². The van der Waals surface area contributed by atoms with Gasteiger partial charge in [0.05, 0.1) is 0 Å². The number of aromatic carboxylic acids is 1. The van der Waals surface area contributed by atoms with Crippen LogP contribution in [0.25, 0.3) is 6.08 Å². The molecule has 1 aliphatic carbocycles. The Morgan fingerprint density at radius 2 is 1.91 bits per heavy atom. The van der Waals surface area contributed by atoms with E-state index >= 15 is 0 Å². The number of ketones is 1. The maximum absolute atomic E-state index is 12.2. The van der Waals surface area contributed by atoms with Crippen molar-refractivity contribution in [3.05, 3.63) is 75.2 Å². The van der Waals surface area contributed by atoms with Crippen molar-refractivity contribution in [2.75, 3.05) is 0 Å². The second kappa shape index (κ2) is 6.04. The van der Waals surface area contributed by atoms with Gasteiger partial charge in [0.1, 0.15) is 5.56 Å². The van der Waals surface area contributed by atoms with E-state index in [2.05, 4.69) is 4.98 Å². The number of aromatic amines is 1. The highest BCUT2D eigenvalue weighted by Crippen LogP contribution is 2.25. The van der Waals surface area contributed by atoms with Crippen LogP contribution in [0, 0.1) is 5.92 Å². The van der Waals surface area contributed by atoms with Gasteiger partial charge in [0.15, 0.2) is 5.78 Å². The molecule has 0 amide bonds. The van der Waals surface area contributed by atoms with Crippen LogP contribution < -0.4 is 5.56 Å². The van der Waals surface area contributed by atoms with Crippen molar-refractivity contribution in [3.8, 4) is 0 Å². The van der Waals surface area contributed by atoms with Crippen LogP contribution in [-0.4, -0.2) is 21.8 Å². The van der Waals surface area contributed by atoms with E-state index in [-0.39, 0.29) is 11.7 Å². The molecule has 116 valence electrons. The zero-order valence-corrected chi connectivity index (χ0v) is 12.3. The van der Waals surface area contributed by atoms with Crippen molar-refractivity contribution in [2.24, 2.45) is 5.92 Å². The van der Waals surface area contributed by atoms with Gasteiger partial charge in [-0.05, 0) is 24.0 Å². The van der Waals surface area contributed by atoms with E-state index in [0.717, 1.165) is 5.56 Å². The molecule has 1 atom stereocenters. The van der Waals surface area contributed by atoms with Crippen LogP contribution in [-0.2, 0) is 6.42 Å². The summed E-state index contributed by atoms with van der Waals surface area (Å²) in [5.41, 5.74) is 0.804. The lowest BCUT2D eigenvalue weighted by molar-refractivity contribution is 0.0695. The number of allylic oxidation sites excluding steroid dienone is 1. The van der Waals surface area contributed by atoms with E-state index < -0.39 is 17.1 Å². The summed E-state index contributed by atoms with van der Waals surface area (Å²) in [5.74, 6) is -1.48. The predicted molar refractivity (Wildman–Crippen MR) is 85.6 cm³/mol. The Bertz CT molecular complexity index is 849. The summed E-state index contributed by atoms with van der Waals surface area (Å²) in [6, 6.07) is 10.9. The Morgan fingerprint density at radius 1 is 1.17 bits per heavy atom. The van der Waals surface area contributed by atoms with E-state index in [9.17, 15) is 14.4 Å². The lowest BCUT2D eigenvalue weighted by Crippen LogP contribution is -2.27. The number of carbonyl (C=O) groups is 2. The SMILES string of the molecule is O=C1CC(/C=C/c2ccccc2)Cc2[nH]c(=O)c(C(=O)O)cc21. The molecule has 3 rings (SSSR count). The van der Waals surface area contributed by atoms with Crippen LogP contribution >= 0.6 is 0 Å². The van der Waals surface area contributed by atoms with Crippen molar-refractivity contribution in [3.63, 3.8) is 0 Å². The first-order chi connectivity index (χ1) is 11.0. The zero-order chi connectivity index (χ0) is 16.4. The molecular weight excluding hydrogens is 294 g/mol. The Kier molecular flexibility index (Phi) is 3.93. The summed E-state index contributed by atoms with van der Waals surface area (Å²) in [7, 11) is 0. The van der Waals surface area contributed by atoms with Gasteiger partial charge in [-0.15, -0.1) is 0 Å². The number of benzene rings is 1. The first-order valence-electron chi connectivity index (χ1n) is 7.30. The van der Waals surface area contributed by atoms with E-state index in [1.54, 1.807) is 0 Å². The number of H-pyrrole nitrogens is 1. The fourth-order valence-electron chi connectivity index (χ4n) is 2.77. The number of pyridine rings is 1. The average Bonchev–Trinajstić information content (AvgIpc) is 2.53. The molecule has 2 N–H and O–H groups in total. The Morgan fingerprint density at radius 3 is 2.61 bits per heavy atom. The molecule has 0 saturated carbocycles. The maximum atomic E-state index is 12.2. The van der Waals surface area contributed by atoms with E-state index in [4.69, 9.17) is 5.11 Å². The Hall–Kier alpha value is -2.95. The Labute approximate surface area is 132 Å². The molecule has 23 heavy (non-hydrogen) atoms. The molecule has 0 spiro atoms. The lowest BCUT2D eigenvalue weighted by atomic mass is 9.85. The third kappa shape index (κ3) is 3.13. The molecule has 0 saturated heterocycles. The number of nitrogens with one attached hydrogen (secondary N) is 1. The van der Waals surface area contributed by atoms with Crippen LogP contribution in [0.5, 0.6) is 0 Å². The summed E-state index contributed by atoms with van der Waals surface area (Å²) in [6.45, 7) is 0. The van der Waals surface area contributed by atoms with Gasteiger partial charge < -0.3 is 10.1 Å². The minimum atomic E-state index is -1.33. The summed E-state index contributed by atoms with van der Waals surface area (Å²) in [6.07, 6.45) is 4.73. The molecule has 2 aromatic rings. The molecule has 1 heterocycles. The van der Waals surface area contributed by atoms with Crippen LogP contribution in [0.15, 0.2) is 47.3 Å². The van der Waals surface area contributed by atoms with Crippen molar-refractivity contribution >= 4 is 17.8 Å². The number of carboxylic acid groups (broad SMARTS) is 1. The van der Waals surface area contributed by atoms with Gasteiger partial charge in [0.2, 0.25) is 0 Å². The van der Waals surface area contributed by atoms with Crippen molar-refractivity contribution in [1.82, 2.24) is 4.98 Å². The number of hydrogen-bond donors (Lipinski definition) is 2. The number of carbonyl (C=O) groups excluding carboxylic acids is 1. The molecule has 1 aromatic carbocycles. The fraction of sp³-hybridized carbons (Fsp3) is 0.167. The molecule has 1 aliphatic rings. The summed E-state index contributed by atoms with van der Waals surface area (Å²) < 4.78 is 0. The van der Waals surface area contributed by atoms with Crippen molar-refractivity contribution in [2.45, 2.75) is 12.8 Å². The first kappa shape index (κ1) is 15.0. The Balaban J connectivity index is 1.88. The summed E-state index contributed by atoms with van der Waals surface area (Å²) >= 11 is 0.